The standard InChI is InChI=1S/C11H16N2OS/c1-7-4-5-9(14)8(6-7)10(11(12)15)13(2)3/h4-6,10,14H,1-3H3,(H2,12,15). The molecule has 0 fully saturated rings. The number of rotatable bonds is 3. The first-order chi connectivity index (χ1) is 6.93. The molecule has 0 saturated heterocycles. The minimum atomic E-state index is -0.222. The minimum Gasteiger partial charge on any atom is -0.508 e. The number of nitrogens with two attached hydrogens (primary N) is 1. The van der Waals surface area contributed by atoms with Gasteiger partial charge in [0, 0.05) is 5.56 Å². The highest BCUT2D eigenvalue weighted by Crippen LogP contribution is 2.28. The molecule has 0 spiro atoms. The fourth-order valence-corrected chi connectivity index (χ4v) is 1.92. The quantitative estimate of drug-likeness (QED) is 0.766. The number of thiocarbonyl (C=S) groups is 1. The molecule has 0 aromatic heterocycles. The van der Waals surface area contributed by atoms with Crippen LogP contribution in [0.25, 0.3) is 0 Å². The molecule has 1 rings (SSSR count). The molecule has 15 heavy (non-hydrogen) atoms. The zero-order chi connectivity index (χ0) is 11.6. The number of aromatic hydroxyl groups is 1. The number of aryl methyl sites for hydroxylation is 1. The monoisotopic (exact) mass is 224 g/mol. The van der Waals surface area contributed by atoms with Crippen molar-refractivity contribution in [3.63, 3.8) is 0 Å². The van der Waals surface area contributed by atoms with E-state index in [-0.39, 0.29) is 11.8 Å². The van der Waals surface area contributed by atoms with Crippen LogP contribution in [-0.2, 0) is 0 Å². The Kier molecular flexibility index (Phi) is 3.66. The van der Waals surface area contributed by atoms with Gasteiger partial charge in [0.2, 0.25) is 0 Å². The largest absolute Gasteiger partial charge is 0.508 e. The van der Waals surface area contributed by atoms with Gasteiger partial charge in [-0.15, -0.1) is 0 Å². The van der Waals surface area contributed by atoms with Crippen LogP contribution in [0.3, 0.4) is 0 Å². The molecule has 0 amide bonds. The molecule has 0 radical (unpaired) electrons. The molecule has 82 valence electrons. The summed E-state index contributed by atoms with van der Waals surface area (Å²) in [5.74, 6) is 0.229. The highest BCUT2D eigenvalue weighted by Gasteiger charge is 2.20. The van der Waals surface area contributed by atoms with Gasteiger partial charge >= 0.3 is 0 Å². The first kappa shape index (κ1) is 11.9. The molecule has 0 saturated carbocycles. The van der Waals surface area contributed by atoms with Crippen molar-refractivity contribution in [3.8, 4) is 5.75 Å². The second-order valence-corrected chi connectivity index (χ2v) is 4.30. The van der Waals surface area contributed by atoms with Crippen LogP contribution in [0.4, 0.5) is 0 Å². The summed E-state index contributed by atoms with van der Waals surface area (Å²) in [7, 11) is 3.76. The van der Waals surface area contributed by atoms with Gasteiger partial charge in [-0.2, -0.15) is 0 Å². The van der Waals surface area contributed by atoms with E-state index in [4.69, 9.17) is 18.0 Å². The molecule has 0 aliphatic rings. The van der Waals surface area contributed by atoms with Gasteiger partial charge < -0.3 is 10.8 Å². The van der Waals surface area contributed by atoms with Crippen molar-refractivity contribution in [1.82, 2.24) is 4.90 Å². The maximum Gasteiger partial charge on any atom is 0.120 e. The molecule has 0 aliphatic heterocycles. The summed E-state index contributed by atoms with van der Waals surface area (Å²) in [5, 5.41) is 9.76. The van der Waals surface area contributed by atoms with Gasteiger partial charge in [-0.3, -0.25) is 4.90 Å². The van der Waals surface area contributed by atoms with Crippen LogP contribution in [0.1, 0.15) is 17.2 Å². The van der Waals surface area contributed by atoms with Crippen molar-refractivity contribution in [2.24, 2.45) is 5.73 Å². The van der Waals surface area contributed by atoms with Crippen LogP contribution < -0.4 is 5.73 Å². The molecule has 0 heterocycles. The maximum absolute atomic E-state index is 9.76. The molecule has 1 atom stereocenters. The predicted octanol–water partition coefficient (Wildman–Crippen LogP) is 1.59. The molecule has 4 heteroatoms. The third kappa shape index (κ3) is 2.67. The van der Waals surface area contributed by atoms with E-state index in [2.05, 4.69) is 0 Å². The van der Waals surface area contributed by atoms with Crippen LogP contribution in [-0.4, -0.2) is 29.1 Å². The number of hydrogen-bond acceptors (Lipinski definition) is 3. The van der Waals surface area contributed by atoms with Crippen LogP contribution in [0.2, 0.25) is 0 Å². The summed E-state index contributed by atoms with van der Waals surface area (Å²) in [6.45, 7) is 1.97. The van der Waals surface area contributed by atoms with E-state index in [1.165, 1.54) is 0 Å². The van der Waals surface area contributed by atoms with Crippen molar-refractivity contribution in [2.75, 3.05) is 14.1 Å². The third-order valence-corrected chi connectivity index (χ3v) is 2.49. The Balaban J connectivity index is 3.22. The number of nitrogens with zero attached hydrogens (tertiary/aromatic N) is 1. The summed E-state index contributed by atoms with van der Waals surface area (Å²) in [6.07, 6.45) is 0. The number of hydrogen-bond donors (Lipinski definition) is 2. The molecular formula is C11H16N2OS. The Labute approximate surface area is 95.5 Å². The van der Waals surface area contributed by atoms with E-state index in [1.807, 2.05) is 38.1 Å². The average molecular weight is 224 g/mol. The Morgan fingerprint density at radius 1 is 1.47 bits per heavy atom. The molecule has 1 aromatic carbocycles. The highest BCUT2D eigenvalue weighted by molar-refractivity contribution is 7.80. The molecule has 0 bridgehead atoms. The normalized spacial score (nSPS) is 12.8. The Bertz CT molecular complexity index is 377. The fourth-order valence-electron chi connectivity index (χ4n) is 1.58. The Morgan fingerprint density at radius 3 is 2.53 bits per heavy atom. The van der Waals surface area contributed by atoms with Crippen LogP contribution in [0.5, 0.6) is 5.75 Å². The van der Waals surface area contributed by atoms with E-state index in [0.717, 1.165) is 11.1 Å². The molecular weight excluding hydrogens is 208 g/mol. The second kappa shape index (κ2) is 4.59. The zero-order valence-corrected chi connectivity index (χ0v) is 10.0. The molecule has 1 unspecified atom stereocenters. The van der Waals surface area contributed by atoms with Crippen molar-refractivity contribution in [2.45, 2.75) is 13.0 Å². The van der Waals surface area contributed by atoms with Crippen molar-refractivity contribution in [1.29, 1.82) is 0 Å². The maximum atomic E-state index is 9.76. The Hall–Kier alpha value is -1.13. The lowest BCUT2D eigenvalue weighted by molar-refractivity contribution is 0.357. The van der Waals surface area contributed by atoms with E-state index in [0.29, 0.717) is 4.99 Å². The van der Waals surface area contributed by atoms with E-state index in [9.17, 15) is 5.11 Å². The lowest BCUT2D eigenvalue weighted by atomic mass is 10.0. The zero-order valence-electron chi connectivity index (χ0n) is 9.19. The predicted molar refractivity (Wildman–Crippen MR) is 66.1 cm³/mol. The van der Waals surface area contributed by atoms with Gasteiger partial charge in [-0.05, 0) is 27.1 Å². The van der Waals surface area contributed by atoms with Crippen molar-refractivity contribution in [3.05, 3.63) is 29.3 Å². The average Bonchev–Trinajstić information content (AvgIpc) is 2.10. The van der Waals surface area contributed by atoms with Gasteiger partial charge in [0.1, 0.15) is 5.75 Å². The molecule has 3 nitrogen and oxygen atoms in total. The van der Waals surface area contributed by atoms with Gasteiger partial charge in [-0.25, -0.2) is 0 Å². The molecule has 0 aliphatic carbocycles. The van der Waals surface area contributed by atoms with E-state index >= 15 is 0 Å². The number of phenols is 1. The Morgan fingerprint density at radius 2 is 2.07 bits per heavy atom. The second-order valence-electron chi connectivity index (χ2n) is 3.83. The van der Waals surface area contributed by atoms with Crippen LogP contribution >= 0.6 is 12.2 Å². The van der Waals surface area contributed by atoms with Crippen LogP contribution in [0.15, 0.2) is 18.2 Å². The highest BCUT2D eigenvalue weighted by atomic mass is 32.1. The summed E-state index contributed by atoms with van der Waals surface area (Å²) < 4.78 is 0. The van der Waals surface area contributed by atoms with Gasteiger partial charge in [0.05, 0.1) is 11.0 Å². The van der Waals surface area contributed by atoms with E-state index < -0.39 is 0 Å². The molecule has 1 aromatic rings. The lowest BCUT2D eigenvalue weighted by Crippen LogP contribution is -2.31. The summed E-state index contributed by atoms with van der Waals surface area (Å²) in [4.78, 5) is 2.25. The topological polar surface area (TPSA) is 49.5 Å². The lowest BCUT2D eigenvalue weighted by Gasteiger charge is -2.24. The third-order valence-electron chi connectivity index (χ3n) is 2.26. The number of benzene rings is 1. The van der Waals surface area contributed by atoms with Crippen molar-refractivity contribution >= 4 is 17.2 Å². The fraction of sp³-hybridized carbons (Fsp3) is 0.364. The van der Waals surface area contributed by atoms with Crippen LogP contribution in [0, 0.1) is 6.92 Å². The van der Waals surface area contributed by atoms with Gasteiger partial charge in [0.15, 0.2) is 0 Å². The first-order valence-electron chi connectivity index (χ1n) is 4.68. The number of likely N-dealkylation sites (N-methyl/N-ethyl adjacent to an activating group) is 1. The van der Waals surface area contributed by atoms with E-state index in [1.54, 1.807) is 6.07 Å². The number of phenolic OH excluding ortho intramolecular Hbond substituents is 1. The first-order valence-corrected chi connectivity index (χ1v) is 5.09. The van der Waals surface area contributed by atoms with Crippen molar-refractivity contribution < 1.29 is 5.11 Å². The summed E-state index contributed by atoms with van der Waals surface area (Å²) in [6, 6.07) is 5.20. The smallest absolute Gasteiger partial charge is 0.120 e. The minimum absolute atomic E-state index is 0.222. The summed E-state index contributed by atoms with van der Waals surface area (Å²) >= 11 is 5.00. The molecule has 3 N–H and O–H groups in total. The summed E-state index contributed by atoms with van der Waals surface area (Å²) in [5.41, 5.74) is 7.50. The van der Waals surface area contributed by atoms with Gasteiger partial charge in [0.25, 0.3) is 0 Å². The van der Waals surface area contributed by atoms with Gasteiger partial charge in [-0.1, -0.05) is 29.9 Å². The SMILES string of the molecule is Cc1ccc(O)c(C(C(N)=S)N(C)C)c1.